The molecule has 238 valence electrons. The molecule has 0 fully saturated rings. The predicted octanol–water partition coefficient (Wildman–Crippen LogP) is 7.29. The van der Waals surface area contributed by atoms with Gasteiger partial charge in [-0.1, -0.05) is 75.4 Å². The summed E-state index contributed by atoms with van der Waals surface area (Å²) in [5.41, 5.74) is 6.54. The number of fused-ring (bicyclic) bond motifs is 1. The first-order valence-corrected chi connectivity index (χ1v) is 16.7. The Morgan fingerprint density at radius 3 is 2.22 bits per heavy atom. The molecular weight excluding hydrogens is 600 g/mol. The summed E-state index contributed by atoms with van der Waals surface area (Å²) in [6.45, 7) is 8.18. The fraction of sp³-hybridized carbons (Fsp3) is 0.243. The van der Waals surface area contributed by atoms with Gasteiger partial charge in [0.1, 0.15) is 11.3 Å². The van der Waals surface area contributed by atoms with Crippen LogP contribution in [0.25, 0.3) is 22.3 Å². The van der Waals surface area contributed by atoms with Crippen LogP contribution in [0.15, 0.2) is 101 Å². The summed E-state index contributed by atoms with van der Waals surface area (Å²) in [5.74, 6) is -0.935. The van der Waals surface area contributed by atoms with Gasteiger partial charge in [0.2, 0.25) is 5.91 Å². The number of hydrogen-bond donors (Lipinski definition) is 3. The molecule has 1 atom stereocenters. The fourth-order valence-electron chi connectivity index (χ4n) is 5.30. The second kappa shape index (κ2) is 13.3. The van der Waals surface area contributed by atoms with Gasteiger partial charge in [0.25, 0.3) is 16.0 Å². The first-order valence-electron chi connectivity index (χ1n) is 15.1. The molecule has 0 aliphatic carbocycles. The Balaban J connectivity index is 1.36. The van der Waals surface area contributed by atoms with Crippen molar-refractivity contribution in [2.24, 2.45) is 0 Å². The molecule has 4 aromatic carbocycles. The Hall–Kier alpha value is -4.73. The number of rotatable bonds is 10. The van der Waals surface area contributed by atoms with E-state index in [0.29, 0.717) is 17.7 Å². The van der Waals surface area contributed by atoms with Crippen molar-refractivity contribution in [3.8, 4) is 11.3 Å². The highest BCUT2D eigenvalue weighted by Crippen LogP contribution is 2.32. The summed E-state index contributed by atoms with van der Waals surface area (Å²) in [6.07, 6.45) is 0.390. The van der Waals surface area contributed by atoms with Crippen LogP contribution in [0.5, 0.6) is 0 Å². The highest BCUT2D eigenvalue weighted by molar-refractivity contribution is 7.85. The van der Waals surface area contributed by atoms with Crippen LogP contribution in [0, 0.1) is 6.92 Å². The largest absolute Gasteiger partial charge is 0.456 e. The highest BCUT2D eigenvalue weighted by atomic mass is 32.2. The van der Waals surface area contributed by atoms with E-state index in [1.165, 1.54) is 0 Å². The number of carbonyl (C=O) groups excluding carboxylic acids is 2. The molecule has 5 rings (SSSR count). The standard InChI is InChI=1S/C37H38N2O6S/c1-24-21-29(34-23-28-7-5-6-8-33(28)45-34)15-18-32(24)39-36(41)31(26-13-16-30(17-14-26)37(2,3)4)22-25-9-11-27(12-10-25)35(40)38-19-20-46(42,43)44/h5-18,21,23,31H,19-20,22H2,1-4H3,(H,38,40)(H,39,41)(H,42,43,44). The van der Waals surface area contributed by atoms with Crippen molar-refractivity contribution in [3.63, 3.8) is 0 Å². The Bertz CT molecular complexity index is 1940. The molecule has 0 saturated heterocycles. The highest BCUT2D eigenvalue weighted by Gasteiger charge is 2.24. The van der Waals surface area contributed by atoms with Gasteiger partial charge in [-0.2, -0.15) is 8.42 Å². The van der Waals surface area contributed by atoms with Crippen LogP contribution in [0.1, 0.15) is 59.3 Å². The molecule has 9 heteroatoms. The van der Waals surface area contributed by atoms with Crippen molar-refractivity contribution in [1.82, 2.24) is 5.32 Å². The molecule has 0 saturated carbocycles. The Kier molecular flexibility index (Phi) is 9.46. The quantitative estimate of drug-likeness (QED) is 0.138. The van der Waals surface area contributed by atoms with E-state index in [4.69, 9.17) is 8.97 Å². The fourth-order valence-corrected chi connectivity index (χ4v) is 5.66. The summed E-state index contributed by atoms with van der Waals surface area (Å²) >= 11 is 0. The number of nitrogens with one attached hydrogen (secondary N) is 2. The van der Waals surface area contributed by atoms with Gasteiger partial charge in [0.05, 0.1) is 11.7 Å². The summed E-state index contributed by atoms with van der Waals surface area (Å²) in [6, 6.07) is 30.7. The van der Waals surface area contributed by atoms with Crippen molar-refractivity contribution in [2.75, 3.05) is 17.6 Å². The molecule has 0 radical (unpaired) electrons. The Morgan fingerprint density at radius 2 is 1.59 bits per heavy atom. The third kappa shape index (κ3) is 8.10. The van der Waals surface area contributed by atoms with Gasteiger partial charge in [0.15, 0.2) is 0 Å². The van der Waals surface area contributed by atoms with Crippen LogP contribution >= 0.6 is 0 Å². The molecule has 1 aromatic heterocycles. The molecule has 1 heterocycles. The Labute approximate surface area is 269 Å². The van der Waals surface area contributed by atoms with E-state index in [-0.39, 0.29) is 17.9 Å². The number of para-hydroxylation sites is 1. The molecule has 46 heavy (non-hydrogen) atoms. The molecule has 0 aliphatic heterocycles. The maximum absolute atomic E-state index is 13.9. The van der Waals surface area contributed by atoms with Crippen LogP contribution in [0.4, 0.5) is 5.69 Å². The van der Waals surface area contributed by atoms with Crippen molar-refractivity contribution < 1.29 is 27.0 Å². The second-order valence-electron chi connectivity index (χ2n) is 12.5. The molecule has 8 nitrogen and oxygen atoms in total. The maximum atomic E-state index is 13.9. The third-order valence-electron chi connectivity index (χ3n) is 7.99. The van der Waals surface area contributed by atoms with E-state index in [1.54, 1.807) is 24.3 Å². The molecule has 1 unspecified atom stereocenters. The first kappa shape index (κ1) is 32.7. The number of benzene rings is 4. The van der Waals surface area contributed by atoms with Gasteiger partial charge in [-0.15, -0.1) is 0 Å². The van der Waals surface area contributed by atoms with E-state index in [1.807, 2.05) is 67.6 Å². The van der Waals surface area contributed by atoms with E-state index in [0.717, 1.165) is 44.5 Å². The lowest BCUT2D eigenvalue weighted by atomic mass is 9.84. The number of amides is 2. The Morgan fingerprint density at radius 1 is 0.891 bits per heavy atom. The zero-order chi connectivity index (χ0) is 33.1. The van der Waals surface area contributed by atoms with Gasteiger partial charge >= 0.3 is 0 Å². The van der Waals surface area contributed by atoms with Crippen LogP contribution in [-0.4, -0.2) is 37.1 Å². The van der Waals surface area contributed by atoms with Crippen LogP contribution in [0.3, 0.4) is 0 Å². The number of carbonyl (C=O) groups is 2. The zero-order valence-electron chi connectivity index (χ0n) is 26.3. The van der Waals surface area contributed by atoms with E-state index < -0.39 is 27.7 Å². The first-order chi connectivity index (χ1) is 21.8. The normalized spacial score (nSPS) is 12.5. The average molecular weight is 639 g/mol. The number of hydrogen-bond acceptors (Lipinski definition) is 5. The lowest BCUT2D eigenvalue weighted by Gasteiger charge is -2.22. The van der Waals surface area contributed by atoms with E-state index in [2.05, 4.69) is 43.5 Å². The smallest absolute Gasteiger partial charge is 0.266 e. The lowest BCUT2D eigenvalue weighted by molar-refractivity contribution is -0.117. The van der Waals surface area contributed by atoms with Gasteiger partial charge in [0, 0.05) is 28.7 Å². The van der Waals surface area contributed by atoms with Gasteiger partial charge in [-0.3, -0.25) is 14.1 Å². The average Bonchev–Trinajstić information content (AvgIpc) is 3.45. The van der Waals surface area contributed by atoms with E-state index in [9.17, 15) is 18.0 Å². The van der Waals surface area contributed by atoms with Gasteiger partial charge < -0.3 is 15.1 Å². The third-order valence-corrected chi connectivity index (χ3v) is 8.71. The van der Waals surface area contributed by atoms with Gasteiger partial charge in [-0.05, 0) is 83.5 Å². The molecule has 5 aromatic rings. The van der Waals surface area contributed by atoms with Crippen molar-refractivity contribution in [3.05, 3.63) is 125 Å². The summed E-state index contributed by atoms with van der Waals surface area (Å²) in [4.78, 5) is 26.4. The maximum Gasteiger partial charge on any atom is 0.266 e. The summed E-state index contributed by atoms with van der Waals surface area (Å²) < 4.78 is 36.8. The second-order valence-corrected chi connectivity index (χ2v) is 14.1. The molecular formula is C37H38N2O6S. The molecule has 0 bridgehead atoms. The van der Waals surface area contributed by atoms with Crippen molar-refractivity contribution in [2.45, 2.75) is 45.4 Å². The van der Waals surface area contributed by atoms with Crippen LogP contribution < -0.4 is 10.6 Å². The topological polar surface area (TPSA) is 126 Å². The monoisotopic (exact) mass is 638 g/mol. The predicted molar refractivity (Wildman–Crippen MR) is 182 cm³/mol. The van der Waals surface area contributed by atoms with Crippen molar-refractivity contribution in [1.29, 1.82) is 0 Å². The minimum Gasteiger partial charge on any atom is -0.456 e. The molecule has 2 amide bonds. The zero-order valence-corrected chi connectivity index (χ0v) is 27.1. The van der Waals surface area contributed by atoms with Crippen LogP contribution in [0.2, 0.25) is 0 Å². The van der Waals surface area contributed by atoms with Crippen LogP contribution in [-0.2, 0) is 26.7 Å². The number of aryl methyl sites for hydroxylation is 1. The molecule has 0 spiro atoms. The minimum absolute atomic E-state index is 0.0350. The minimum atomic E-state index is -4.17. The van der Waals surface area contributed by atoms with Crippen molar-refractivity contribution >= 4 is 38.6 Å². The summed E-state index contributed by atoms with van der Waals surface area (Å²) in [5, 5.41) is 6.65. The molecule has 0 aliphatic rings. The number of anilines is 1. The summed E-state index contributed by atoms with van der Waals surface area (Å²) in [7, 11) is -4.17. The number of furan rings is 1. The SMILES string of the molecule is Cc1cc(-c2cc3ccccc3o2)ccc1NC(=O)C(Cc1ccc(C(=O)NCCS(=O)(=O)O)cc1)c1ccc(C(C)(C)C)cc1. The molecule has 3 N–H and O–H groups in total. The van der Waals surface area contributed by atoms with Gasteiger partial charge in [-0.25, -0.2) is 0 Å². The lowest BCUT2D eigenvalue weighted by Crippen LogP contribution is -2.28. The van der Waals surface area contributed by atoms with E-state index >= 15 is 0 Å².